The van der Waals surface area contributed by atoms with Crippen LogP contribution in [0, 0.1) is 13.8 Å². The normalized spacial score (nSPS) is 16.9. The van der Waals surface area contributed by atoms with Crippen LogP contribution in [0.4, 0.5) is 0 Å². The summed E-state index contributed by atoms with van der Waals surface area (Å²) in [5, 5.41) is 2.94. The molecule has 4 heteroatoms. The van der Waals surface area contributed by atoms with Crippen molar-refractivity contribution in [3.8, 4) is 0 Å². The summed E-state index contributed by atoms with van der Waals surface area (Å²) in [5.74, 6) is -0.0933. The number of nitrogens with one attached hydrogen (secondary N) is 1. The number of carbonyl (C=O) groups is 2. The minimum atomic E-state index is -0.291. The number of likely N-dealkylation sites (tertiary alicyclic amines) is 1. The number of amides is 2. The van der Waals surface area contributed by atoms with Gasteiger partial charge in [0.05, 0.1) is 6.04 Å². The summed E-state index contributed by atoms with van der Waals surface area (Å²) in [5.41, 5.74) is 4.63. The van der Waals surface area contributed by atoms with Crippen LogP contribution in [0.5, 0.6) is 0 Å². The molecule has 2 aromatic rings. The SMILES string of the molecule is Cc1ccc(C2CCCN2C(=O)c2ccc(C(=O)NC(C)(C)C)cc2)cc1C. The number of hydrogen-bond acceptors (Lipinski definition) is 2. The van der Waals surface area contributed by atoms with Gasteiger partial charge in [-0.05, 0) is 88.4 Å². The molecule has 0 radical (unpaired) electrons. The molecule has 28 heavy (non-hydrogen) atoms. The number of aryl methyl sites for hydroxylation is 2. The molecule has 4 nitrogen and oxygen atoms in total. The average molecular weight is 379 g/mol. The fourth-order valence-corrected chi connectivity index (χ4v) is 3.67. The molecule has 1 aliphatic rings. The van der Waals surface area contributed by atoms with Crippen LogP contribution in [0.15, 0.2) is 42.5 Å². The Morgan fingerprint density at radius 2 is 1.61 bits per heavy atom. The van der Waals surface area contributed by atoms with E-state index in [9.17, 15) is 9.59 Å². The first-order valence-electron chi connectivity index (χ1n) is 9.96. The molecule has 0 saturated carbocycles. The highest BCUT2D eigenvalue weighted by atomic mass is 16.2. The van der Waals surface area contributed by atoms with Gasteiger partial charge in [-0.2, -0.15) is 0 Å². The number of benzene rings is 2. The van der Waals surface area contributed by atoms with Crippen molar-refractivity contribution in [1.82, 2.24) is 10.2 Å². The van der Waals surface area contributed by atoms with Crippen molar-refractivity contribution >= 4 is 11.8 Å². The predicted molar refractivity (Wildman–Crippen MR) is 113 cm³/mol. The number of carbonyl (C=O) groups excluding carboxylic acids is 2. The lowest BCUT2D eigenvalue weighted by atomic mass is 9.99. The van der Waals surface area contributed by atoms with E-state index in [1.165, 1.54) is 16.7 Å². The Hall–Kier alpha value is -2.62. The van der Waals surface area contributed by atoms with Crippen molar-refractivity contribution in [3.05, 3.63) is 70.3 Å². The van der Waals surface area contributed by atoms with E-state index in [0.29, 0.717) is 11.1 Å². The molecule has 0 bridgehead atoms. The summed E-state index contributed by atoms with van der Waals surface area (Å²) in [7, 11) is 0. The van der Waals surface area contributed by atoms with Crippen molar-refractivity contribution in [2.75, 3.05) is 6.54 Å². The van der Waals surface area contributed by atoms with Crippen molar-refractivity contribution in [3.63, 3.8) is 0 Å². The second kappa shape index (κ2) is 7.78. The fraction of sp³-hybridized carbons (Fsp3) is 0.417. The highest BCUT2D eigenvalue weighted by Gasteiger charge is 2.30. The van der Waals surface area contributed by atoms with Gasteiger partial charge in [-0.15, -0.1) is 0 Å². The summed E-state index contributed by atoms with van der Waals surface area (Å²) in [4.78, 5) is 27.4. The Morgan fingerprint density at radius 1 is 0.964 bits per heavy atom. The van der Waals surface area contributed by atoms with Gasteiger partial charge in [0.1, 0.15) is 0 Å². The molecule has 1 saturated heterocycles. The lowest BCUT2D eigenvalue weighted by Crippen LogP contribution is -2.40. The highest BCUT2D eigenvalue weighted by Crippen LogP contribution is 2.34. The van der Waals surface area contributed by atoms with Gasteiger partial charge in [-0.1, -0.05) is 18.2 Å². The smallest absolute Gasteiger partial charge is 0.254 e. The lowest BCUT2D eigenvalue weighted by molar-refractivity contribution is 0.0734. The molecule has 1 unspecified atom stereocenters. The van der Waals surface area contributed by atoms with Crippen LogP contribution in [0.3, 0.4) is 0 Å². The summed E-state index contributed by atoms with van der Waals surface area (Å²) in [6, 6.07) is 13.6. The Labute approximate surface area is 167 Å². The van der Waals surface area contributed by atoms with Gasteiger partial charge in [0.15, 0.2) is 0 Å². The van der Waals surface area contributed by atoms with E-state index in [0.717, 1.165) is 19.4 Å². The predicted octanol–water partition coefficient (Wildman–Crippen LogP) is 4.81. The van der Waals surface area contributed by atoms with Gasteiger partial charge in [-0.25, -0.2) is 0 Å². The van der Waals surface area contributed by atoms with E-state index < -0.39 is 0 Å². The van der Waals surface area contributed by atoms with E-state index >= 15 is 0 Å². The number of hydrogen-bond donors (Lipinski definition) is 1. The third kappa shape index (κ3) is 4.44. The zero-order valence-corrected chi connectivity index (χ0v) is 17.5. The zero-order chi connectivity index (χ0) is 20.5. The van der Waals surface area contributed by atoms with Gasteiger partial charge in [0.2, 0.25) is 0 Å². The second-order valence-corrected chi connectivity index (χ2v) is 8.78. The van der Waals surface area contributed by atoms with Crippen molar-refractivity contribution in [1.29, 1.82) is 0 Å². The number of nitrogens with zero attached hydrogens (tertiary/aromatic N) is 1. The van der Waals surface area contributed by atoms with Crippen LogP contribution in [-0.4, -0.2) is 28.8 Å². The summed E-state index contributed by atoms with van der Waals surface area (Å²) >= 11 is 0. The highest BCUT2D eigenvalue weighted by molar-refractivity contribution is 5.98. The first-order valence-corrected chi connectivity index (χ1v) is 9.96. The molecule has 1 N–H and O–H groups in total. The topological polar surface area (TPSA) is 49.4 Å². The van der Waals surface area contributed by atoms with Crippen LogP contribution < -0.4 is 5.32 Å². The standard InChI is InChI=1S/C24H30N2O2/c1-16-8-9-20(15-17(16)2)21-7-6-14-26(21)23(28)19-12-10-18(11-13-19)22(27)25-24(3,4)5/h8-13,15,21H,6-7,14H2,1-5H3,(H,25,27). The minimum absolute atomic E-state index is 0.0310. The van der Waals surface area contributed by atoms with E-state index in [1.807, 2.05) is 25.7 Å². The third-order valence-corrected chi connectivity index (χ3v) is 5.31. The Morgan fingerprint density at radius 3 is 2.21 bits per heavy atom. The maximum absolute atomic E-state index is 13.1. The summed E-state index contributed by atoms with van der Waals surface area (Å²) in [6.07, 6.45) is 2.00. The summed E-state index contributed by atoms with van der Waals surface area (Å²) in [6.45, 7) is 10.8. The molecular weight excluding hydrogens is 348 g/mol. The maximum atomic E-state index is 13.1. The third-order valence-electron chi connectivity index (χ3n) is 5.31. The molecule has 2 aromatic carbocycles. The molecule has 0 aromatic heterocycles. The van der Waals surface area contributed by atoms with Gasteiger partial charge < -0.3 is 10.2 Å². The van der Waals surface area contributed by atoms with Gasteiger partial charge in [0.25, 0.3) is 11.8 Å². The Bertz CT molecular complexity index is 878. The lowest BCUT2D eigenvalue weighted by Gasteiger charge is -2.26. The van der Waals surface area contributed by atoms with E-state index in [-0.39, 0.29) is 23.4 Å². The number of rotatable bonds is 3. The van der Waals surface area contributed by atoms with E-state index in [4.69, 9.17) is 0 Å². The fourth-order valence-electron chi connectivity index (χ4n) is 3.67. The van der Waals surface area contributed by atoms with Gasteiger partial charge in [0, 0.05) is 23.2 Å². The summed E-state index contributed by atoms with van der Waals surface area (Å²) < 4.78 is 0. The maximum Gasteiger partial charge on any atom is 0.254 e. The van der Waals surface area contributed by atoms with Crippen LogP contribution in [0.1, 0.15) is 77.1 Å². The Balaban J connectivity index is 1.77. The van der Waals surface area contributed by atoms with E-state index in [2.05, 4.69) is 37.4 Å². The first-order chi connectivity index (χ1) is 13.2. The molecule has 2 amide bonds. The monoisotopic (exact) mass is 378 g/mol. The van der Waals surface area contributed by atoms with Crippen molar-refractivity contribution in [2.24, 2.45) is 0 Å². The molecule has 1 atom stereocenters. The minimum Gasteiger partial charge on any atom is -0.347 e. The van der Waals surface area contributed by atoms with Crippen LogP contribution >= 0.6 is 0 Å². The van der Waals surface area contributed by atoms with Crippen LogP contribution in [0.25, 0.3) is 0 Å². The average Bonchev–Trinajstić information content (AvgIpc) is 3.12. The quantitative estimate of drug-likeness (QED) is 0.833. The molecule has 0 spiro atoms. The zero-order valence-electron chi connectivity index (χ0n) is 17.5. The molecule has 1 fully saturated rings. The second-order valence-electron chi connectivity index (χ2n) is 8.78. The van der Waals surface area contributed by atoms with Crippen molar-refractivity contribution < 1.29 is 9.59 Å². The van der Waals surface area contributed by atoms with Crippen LogP contribution in [-0.2, 0) is 0 Å². The molecule has 0 aliphatic carbocycles. The molecule has 148 valence electrons. The van der Waals surface area contributed by atoms with Gasteiger partial charge >= 0.3 is 0 Å². The van der Waals surface area contributed by atoms with E-state index in [1.54, 1.807) is 24.3 Å². The first kappa shape index (κ1) is 20.1. The Kier molecular flexibility index (Phi) is 5.59. The van der Waals surface area contributed by atoms with Gasteiger partial charge in [-0.3, -0.25) is 9.59 Å². The molecule has 1 aliphatic heterocycles. The van der Waals surface area contributed by atoms with Crippen molar-refractivity contribution in [2.45, 2.75) is 59.0 Å². The molecular formula is C24H30N2O2. The largest absolute Gasteiger partial charge is 0.347 e. The molecule has 1 heterocycles. The molecule has 3 rings (SSSR count). The van der Waals surface area contributed by atoms with Crippen LogP contribution in [0.2, 0.25) is 0 Å².